The van der Waals surface area contributed by atoms with Crippen molar-refractivity contribution in [2.75, 3.05) is 7.11 Å². The number of aldehydes is 1. The molecule has 0 aromatic heterocycles. The van der Waals surface area contributed by atoms with Gasteiger partial charge in [0.1, 0.15) is 12.0 Å². The van der Waals surface area contributed by atoms with Crippen molar-refractivity contribution in [1.82, 2.24) is 0 Å². The summed E-state index contributed by atoms with van der Waals surface area (Å²) < 4.78 is 5.02. The van der Waals surface area contributed by atoms with Gasteiger partial charge in [0, 0.05) is 5.56 Å². The summed E-state index contributed by atoms with van der Waals surface area (Å²) in [6.45, 7) is 2.00. The van der Waals surface area contributed by atoms with E-state index in [9.17, 15) is 4.79 Å². The Bertz CT molecular complexity index is 499. The van der Waals surface area contributed by atoms with E-state index in [0.29, 0.717) is 0 Å². The highest BCUT2D eigenvalue weighted by atomic mass is 16.5. The maximum Gasteiger partial charge on any atom is 0.150 e. The number of carbonyl (C=O) groups is 1. The molecule has 2 aromatic carbocycles. The number of methoxy groups -OCH3 is 1. The van der Waals surface area contributed by atoms with Gasteiger partial charge in [-0.15, -0.1) is 0 Å². The molecule has 0 spiro atoms. The summed E-state index contributed by atoms with van der Waals surface area (Å²) in [6.07, 6.45) is 4.90. The van der Waals surface area contributed by atoms with Crippen molar-refractivity contribution in [3.05, 3.63) is 71.8 Å². The highest BCUT2D eigenvalue weighted by molar-refractivity contribution is 5.74. The van der Waals surface area contributed by atoms with Crippen LogP contribution >= 0.6 is 0 Å². The summed E-state index contributed by atoms with van der Waals surface area (Å²) in [6, 6.07) is 17.1. The van der Waals surface area contributed by atoms with Crippen molar-refractivity contribution in [1.29, 1.82) is 0 Å². The third-order valence-corrected chi connectivity index (χ3v) is 2.41. The topological polar surface area (TPSA) is 26.3 Å². The van der Waals surface area contributed by atoms with E-state index in [1.54, 1.807) is 19.2 Å². The van der Waals surface area contributed by atoms with E-state index < -0.39 is 0 Å². The van der Waals surface area contributed by atoms with Gasteiger partial charge in [-0.1, -0.05) is 54.6 Å². The zero-order valence-corrected chi connectivity index (χ0v) is 11.2. The largest absolute Gasteiger partial charge is 0.497 e. The van der Waals surface area contributed by atoms with Crippen LogP contribution in [0.4, 0.5) is 0 Å². The lowest BCUT2D eigenvalue weighted by molar-refractivity contribution is 0.112. The van der Waals surface area contributed by atoms with Gasteiger partial charge in [-0.05, 0) is 24.6 Å². The third-order valence-electron chi connectivity index (χ3n) is 2.41. The summed E-state index contributed by atoms with van der Waals surface area (Å²) in [7, 11) is 1.67. The fraction of sp³-hybridized carbons (Fsp3) is 0.118. The smallest absolute Gasteiger partial charge is 0.150 e. The van der Waals surface area contributed by atoms with Crippen LogP contribution in [0, 0.1) is 0 Å². The molecule has 0 atom stereocenters. The van der Waals surface area contributed by atoms with E-state index in [4.69, 9.17) is 4.74 Å². The van der Waals surface area contributed by atoms with Crippen molar-refractivity contribution in [2.45, 2.75) is 6.92 Å². The second-order valence-electron chi connectivity index (χ2n) is 3.80. The Labute approximate surface area is 114 Å². The van der Waals surface area contributed by atoms with Crippen LogP contribution in [0.15, 0.2) is 60.7 Å². The molecule has 2 nitrogen and oxygen atoms in total. The van der Waals surface area contributed by atoms with Gasteiger partial charge in [0.25, 0.3) is 0 Å². The minimum Gasteiger partial charge on any atom is -0.497 e. The van der Waals surface area contributed by atoms with Crippen molar-refractivity contribution in [2.24, 2.45) is 0 Å². The number of rotatable bonds is 3. The van der Waals surface area contributed by atoms with Gasteiger partial charge in [-0.2, -0.15) is 0 Å². The molecule has 0 bridgehead atoms. The monoisotopic (exact) mass is 254 g/mol. The van der Waals surface area contributed by atoms with Gasteiger partial charge >= 0.3 is 0 Å². The minimum absolute atomic E-state index is 0.729. The lowest BCUT2D eigenvalue weighted by Crippen LogP contribution is -1.80. The molecule has 0 unspecified atom stereocenters. The molecule has 19 heavy (non-hydrogen) atoms. The average Bonchev–Trinajstić information content (AvgIpc) is 2.50. The molecule has 0 aliphatic rings. The lowest BCUT2D eigenvalue weighted by Gasteiger charge is -1.98. The Hall–Kier alpha value is -2.35. The van der Waals surface area contributed by atoms with Crippen LogP contribution in [0.3, 0.4) is 0 Å². The van der Waals surface area contributed by atoms with Crippen LogP contribution in [0.1, 0.15) is 22.8 Å². The molecule has 0 aliphatic heterocycles. The van der Waals surface area contributed by atoms with Gasteiger partial charge in [-0.25, -0.2) is 0 Å². The summed E-state index contributed by atoms with van der Waals surface area (Å²) in [5.41, 5.74) is 1.93. The number of benzene rings is 2. The molecule has 0 heterocycles. The fourth-order valence-electron chi connectivity index (χ4n) is 1.44. The molecule has 0 saturated heterocycles. The van der Waals surface area contributed by atoms with Crippen LogP contribution < -0.4 is 4.74 Å². The van der Waals surface area contributed by atoms with Gasteiger partial charge < -0.3 is 4.74 Å². The van der Waals surface area contributed by atoms with Crippen molar-refractivity contribution in [3.63, 3.8) is 0 Å². The predicted octanol–water partition coefficient (Wildman–Crippen LogP) is 4.23. The molecule has 0 aliphatic carbocycles. The van der Waals surface area contributed by atoms with Crippen LogP contribution in [-0.2, 0) is 0 Å². The van der Waals surface area contributed by atoms with Crippen LogP contribution in [0.2, 0.25) is 0 Å². The molecule has 2 heteroatoms. The van der Waals surface area contributed by atoms with Gasteiger partial charge in [0.15, 0.2) is 0 Å². The number of hydrogen-bond acceptors (Lipinski definition) is 2. The first-order valence-electron chi connectivity index (χ1n) is 6.07. The molecular weight excluding hydrogens is 236 g/mol. The summed E-state index contributed by atoms with van der Waals surface area (Å²) >= 11 is 0. The fourth-order valence-corrected chi connectivity index (χ4v) is 1.44. The molecule has 2 rings (SSSR count). The number of ether oxygens (including phenoxy) is 1. The Morgan fingerprint density at radius 3 is 1.95 bits per heavy atom. The van der Waals surface area contributed by atoms with Crippen LogP contribution in [-0.4, -0.2) is 13.4 Å². The molecule has 2 aromatic rings. The molecule has 0 N–H and O–H groups in total. The SMILES string of the molecule is CC=Cc1ccc(OC)cc1.O=Cc1ccccc1. The molecule has 0 amide bonds. The Morgan fingerprint density at radius 1 is 0.895 bits per heavy atom. The van der Waals surface area contributed by atoms with E-state index in [0.717, 1.165) is 17.6 Å². The first-order valence-corrected chi connectivity index (χ1v) is 6.07. The maximum absolute atomic E-state index is 10.0. The highest BCUT2D eigenvalue weighted by Gasteiger charge is 1.88. The number of hydrogen-bond donors (Lipinski definition) is 0. The quantitative estimate of drug-likeness (QED) is 0.766. The zero-order valence-electron chi connectivity index (χ0n) is 11.2. The summed E-state index contributed by atoms with van der Waals surface area (Å²) in [5, 5.41) is 0. The number of carbonyl (C=O) groups excluding carboxylic acids is 1. The first-order chi connectivity index (χ1) is 9.30. The average molecular weight is 254 g/mol. The first kappa shape index (κ1) is 14.7. The maximum atomic E-state index is 10.0. The van der Waals surface area contributed by atoms with Crippen LogP contribution in [0.25, 0.3) is 6.08 Å². The van der Waals surface area contributed by atoms with E-state index >= 15 is 0 Å². The highest BCUT2D eigenvalue weighted by Crippen LogP contribution is 2.11. The second kappa shape index (κ2) is 8.70. The predicted molar refractivity (Wildman–Crippen MR) is 79.5 cm³/mol. The summed E-state index contributed by atoms with van der Waals surface area (Å²) in [5.74, 6) is 0.901. The third kappa shape index (κ3) is 5.68. The molecule has 0 saturated carbocycles. The number of allylic oxidation sites excluding steroid dienone is 1. The molecule has 98 valence electrons. The van der Waals surface area contributed by atoms with Crippen molar-refractivity contribution < 1.29 is 9.53 Å². The van der Waals surface area contributed by atoms with Gasteiger partial charge in [0.2, 0.25) is 0 Å². The normalized spacial score (nSPS) is 9.58. The van der Waals surface area contributed by atoms with Gasteiger partial charge in [-0.3, -0.25) is 4.79 Å². The molecular formula is C17H18O2. The Morgan fingerprint density at radius 2 is 1.53 bits per heavy atom. The van der Waals surface area contributed by atoms with Gasteiger partial charge in [0.05, 0.1) is 7.11 Å². The molecule has 0 fully saturated rings. The van der Waals surface area contributed by atoms with Crippen molar-refractivity contribution >= 4 is 12.4 Å². The summed E-state index contributed by atoms with van der Waals surface area (Å²) in [4.78, 5) is 10.0. The van der Waals surface area contributed by atoms with E-state index in [-0.39, 0.29) is 0 Å². The second-order valence-corrected chi connectivity index (χ2v) is 3.80. The standard InChI is InChI=1S/C10H12O.C7H6O/c1-3-4-9-5-7-10(11-2)8-6-9;8-6-7-4-2-1-3-5-7/h3-8H,1-2H3;1-6H. The minimum atomic E-state index is 0.729. The van der Waals surface area contributed by atoms with E-state index in [1.807, 2.05) is 55.5 Å². The van der Waals surface area contributed by atoms with Crippen LogP contribution in [0.5, 0.6) is 5.75 Å². The Kier molecular flexibility index (Phi) is 6.73. The van der Waals surface area contributed by atoms with Crippen molar-refractivity contribution in [3.8, 4) is 5.75 Å². The lowest BCUT2D eigenvalue weighted by atomic mass is 10.2. The Balaban J connectivity index is 0.000000200. The zero-order chi connectivity index (χ0) is 13.9. The molecule has 0 radical (unpaired) electrons. The van der Waals surface area contributed by atoms with E-state index in [1.165, 1.54) is 5.56 Å². The van der Waals surface area contributed by atoms with E-state index in [2.05, 4.69) is 6.08 Å².